The minimum atomic E-state index is -0.0315. The fourth-order valence-electron chi connectivity index (χ4n) is 4.47. The largest absolute Gasteiger partial charge is 0.508 e. The van der Waals surface area contributed by atoms with Gasteiger partial charge in [0.2, 0.25) is 0 Å². The van der Waals surface area contributed by atoms with E-state index in [1.807, 2.05) is 119 Å². The van der Waals surface area contributed by atoms with E-state index in [9.17, 15) is 5.11 Å². The first kappa shape index (κ1) is 30.9. The van der Waals surface area contributed by atoms with Gasteiger partial charge in [0.25, 0.3) is 0 Å². The zero-order valence-electron chi connectivity index (χ0n) is 25.7. The van der Waals surface area contributed by atoms with Crippen LogP contribution in [0.5, 0.6) is 17.2 Å². The highest BCUT2D eigenvalue weighted by atomic mass is 16.5. The van der Waals surface area contributed by atoms with Crippen molar-refractivity contribution in [2.24, 2.45) is 5.41 Å². The quantitative estimate of drug-likeness (QED) is 0.220. The molecule has 0 fully saturated rings. The molecule has 1 heterocycles. The SMILES string of the molecule is CC.CC.CC1(C)C=CC(c2nc(-c3ccccc3)nc(-c3ccc(Oc4ccc(-c5ccc(O)cc5)cc4)cc3)n2)=C1. The highest BCUT2D eigenvalue weighted by molar-refractivity contribution is 5.76. The molecule has 5 aromatic rings. The Labute approximate surface area is 255 Å². The van der Waals surface area contributed by atoms with Crippen LogP contribution in [0, 0.1) is 5.41 Å². The fraction of sp³-hybridized carbons (Fsp3) is 0.184. The second-order valence-corrected chi connectivity index (χ2v) is 10.1. The molecular formula is C38H39N3O2. The Morgan fingerprint density at radius 1 is 0.535 bits per heavy atom. The second-order valence-electron chi connectivity index (χ2n) is 10.1. The van der Waals surface area contributed by atoms with Crippen molar-refractivity contribution in [1.29, 1.82) is 0 Å². The number of allylic oxidation sites excluding steroid dienone is 4. The zero-order chi connectivity index (χ0) is 30.8. The number of aromatic nitrogens is 3. The highest BCUT2D eigenvalue weighted by Gasteiger charge is 2.21. The smallest absolute Gasteiger partial charge is 0.164 e. The summed E-state index contributed by atoms with van der Waals surface area (Å²) in [5.41, 5.74) is 4.87. The van der Waals surface area contributed by atoms with Gasteiger partial charge in [-0.15, -0.1) is 0 Å². The number of phenols is 1. The minimum Gasteiger partial charge on any atom is -0.508 e. The summed E-state index contributed by atoms with van der Waals surface area (Å²) in [5, 5.41) is 9.52. The van der Waals surface area contributed by atoms with Gasteiger partial charge in [-0.2, -0.15) is 0 Å². The van der Waals surface area contributed by atoms with Crippen molar-refractivity contribution in [2.45, 2.75) is 41.5 Å². The topological polar surface area (TPSA) is 68.1 Å². The number of rotatable bonds is 6. The molecule has 0 spiro atoms. The summed E-state index contributed by atoms with van der Waals surface area (Å²) in [6, 6.07) is 32.8. The summed E-state index contributed by atoms with van der Waals surface area (Å²) in [4.78, 5) is 14.4. The van der Waals surface area contributed by atoms with E-state index in [4.69, 9.17) is 19.7 Å². The van der Waals surface area contributed by atoms with Gasteiger partial charge in [-0.3, -0.25) is 0 Å². The van der Waals surface area contributed by atoms with Gasteiger partial charge in [0.15, 0.2) is 17.5 Å². The summed E-state index contributed by atoms with van der Waals surface area (Å²) in [6.45, 7) is 12.3. The van der Waals surface area contributed by atoms with E-state index in [0.29, 0.717) is 17.5 Å². The van der Waals surface area contributed by atoms with Gasteiger partial charge in [-0.25, -0.2) is 15.0 Å². The average molecular weight is 570 g/mol. The van der Waals surface area contributed by atoms with Crippen LogP contribution in [0.25, 0.3) is 39.5 Å². The number of hydrogen-bond donors (Lipinski definition) is 1. The molecule has 0 saturated carbocycles. The predicted molar refractivity (Wildman–Crippen MR) is 178 cm³/mol. The molecule has 0 radical (unpaired) electrons. The van der Waals surface area contributed by atoms with E-state index in [1.54, 1.807) is 12.1 Å². The van der Waals surface area contributed by atoms with E-state index in [2.05, 4.69) is 32.1 Å². The number of nitrogens with zero attached hydrogens (tertiary/aromatic N) is 3. The van der Waals surface area contributed by atoms with Gasteiger partial charge in [0, 0.05) is 22.1 Å². The molecule has 43 heavy (non-hydrogen) atoms. The lowest BCUT2D eigenvalue weighted by molar-refractivity contribution is 0.475. The Morgan fingerprint density at radius 3 is 1.47 bits per heavy atom. The molecule has 5 nitrogen and oxygen atoms in total. The van der Waals surface area contributed by atoms with Crippen molar-refractivity contribution in [1.82, 2.24) is 15.0 Å². The van der Waals surface area contributed by atoms with Gasteiger partial charge in [0.1, 0.15) is 17.2 Å². The molecule has 5 heteroatoms. The Balaban J connectivity index is 0.00000102. The maximum Gasteiger partial charge on any atom is 0.164 e. The van der Waals surface area contributed by atoms with Gasteiger partial charge >= 0.3 is 0 Å². The molecule has 6 rings (SSSR count). The van der Waals surface area contributed by atoms with Crippen molar-refractivity contribution in [3.8, 4) is 51.2 Å². The molecule has 4 aromatic carbocycles. The number of ether oxygens (including phenoxy) is 1. The first-order chi connectivity index (χ1) is 20.9. The Kier molecular flexibility index (Phi) is 10.2. The van der Waals surface area contributed by atoms with Crippen LogP contribution in [0.15, 0.2) is 121 Å². The summed E-state index contributed by atoms with van der Waals surface area (Å²) in [6.07, 6.45) is 6.43. The van der Waals surface area contributed by atoms with Crippen LogP contribution in [-0.2, 0) is 0 Å². The van der Waals surface area contributed by atoms with Gasteiger partial charge in [0.05, 0.1) is 0 Å². The molecule has 0 amide bonds. The Morgan fingerprint density at radius 2 is 0.977 bits per heavy atom. The number of hydrogen-bond acceptors (Lipinski definition) is 5. The van der Waals surface area contributed by atoms with Crippen LogP contribution in [0.4, 0.5) is 0 Å². The molecule has 0 saturated heterocycles. The van der Waals surface area contributed by atoms with Crippen molar-refractivity contribution < 1.29 is 9.84 Å². The predicted octanol–water partition coefficient (Wildman–Crippen LogP) is 10.4. The van der Waals surface area contributed by atoms with E-state index in [1.165, 1.54) is 0 Å². The van der Waals surface area contributed by atoms with Gasteiger partial charge in [-0.05, 0) is 59.7 Å². The third kappa shape index (κ3) is 7.83. The highest BCUT2D eigenvalue weighted by Crippen LogP contribution is 2.34. The molecule has 0 bridgehead atoms. The maximum absolute atomic E-state index is 9.52. The van der Waals surface area contributed by atoms with Crippen molar-refractivity contribution in [3.63, 3.8) is 0 Å². The standard InChI is InChI=1S/C34H27N3O2.2C2H6/c1-34(2)21-20-27(22-34)33-36-31(25-6-4-3-5-7-25)35-32(37-33)26-12-18-30(19-13-26)39-29-16-10-24(11-17-29)23-8-14-28(38)15-9-23;2*1-2/h3-22,38H,1-2H3;2*1-2H3. The third-order valence-electron chi connectivity index (χ3n) is 6.55. The lowest BCUT2D eigenvalue weighted by Gasteiger charge is -2.11. The van der Waals surface area contributed by atoms with E-state index < -0.39 is 0 Å². The normalized spacial score (nSPS) is 12.7. The minimum absolute atomic E-state index is 0.0315. The molecule has 0 unspecified atom stereocenters. The molecule has 1 N–H and O–H groups in total. The lowest BCUT2D eigenvalue weighted by atomic mass is 9.96. The number of benzene rings is 4. The number of phenolic OH excluding ortho intramolecular Hbond substituents is 1. The van der Waals surface area contributed by atoms with E-state index in [-0.39, 0.29) is 11.2 Å². The first-order valence-corrected chi connectivity index (χ1v) is 14.8. The van der Waals surface area contributed by atoms with Crippen LogP contribution in [0.1, 0.15) is 47.4 Å². The zero-order valence-corrected chi connectivity index (χ0v) is 25.7. The van der Waals surface area contributed by atoms with E-state index >= 15 is 0 Å². The lowest BCUT2D eigenvalue weighted by Crippen LogP contribution is -2.03. The molecule has 1 aliphatic rings. The summed E-state index contributed by atoms with van der Waals surface area (Å²) < 4.78 is 6.09. The summed E-state index contributed by atoms with van der Waals surface area (Å²) in [5.74, 6) is 3.63. The average Bonchev–Trinajstić information content (AvgIpc) is 3.44. The van der Waals surface area contributed by atoms with Crippen LogP contribution < -0.4 is 4.74 Å². The first-order valence-electron chi connectivity index (χ1n) is 14.8. The van der Waals surface area contributed by atoms with E-state index in [0.717, 1.165) is 39.3 Å². The molecule has 0 atom stereocenters. The molecular weight excluding hydrogens is 530 g/mol. The maximum atomic E-state index is 9.52. The van der Waals surface area contributed by atoms with Crippen molar-refractivity contribution in [3.05, 3.63) is 127 Å². The van der Waals surface area contributed by atoms with Crippen molar-refractivity contribution in [2.75, 3.05) is 0 Å². The third-order valence-corrected chi connectivity index (χ3v) is 6.55. The second kappa shape index (κ2) is 14.2. The van der Waals surface area contributed by atoms with Crippen molar-refractivity contribution >= 4 is 5.57 Å². The van der Waals surface area contributed by atoms with Gasteiger partial charge < -0.3 is 9.84 Å². The van der Waals surface area contributed by atoms with Crippen LogP contribution in [0.2, 0.25) is 0 Å². The molecule has 1 aromatic heterocycles. The molecule has 1 aliphatic carbocycles. The summed E-state index contributed by atoms with van der Waals surface area (Å²) in [7, 11) is 0. The van der Waals surface area contributed by atoms with Crippen LogP contribution in [0.3, 0.4) is 0 Å². The Bertz CT molecular complexity index is 1670. The summed E-state index contributed by atoms with van der Waals surface area (Å²) >= 11 is 0. The Hall–Kier alpha value is -5.03. The number of aromatic hydroxyl groups is 1. The fourth-order valence-corrected chi connectivity index (χ4v) is 4.47. The van der Waals surface area contributed by atoms with Crippen LogP contribution >= 0.6 is 0 Å². The monoisotopic (exact) mass is 569 g/mol. The van der Waals surface area contributed by atoms with Crippen LogP contribution in [-0.4, -0.2) is 20.1 Å². The molecule has 218 valence electrons. The molecule has 0 aliphatic heterocycles. The van der Waals surface area contributed by atoms with Gasteiger partial charge in [-0.1, -0.05) is 114 Å².